The van der Waals surface area contributed by atoms with Crippen LogP contribution in [-0.4, -0.2) is 11.9 Å². The molecule has 0 heterocycles. The van der Waals surface area contributed by atoms with E-state index >= 15 is 0 Å². The lowest BCUT2D eigenvalue weighted by Gasteiger charge is -2.25. The van der Waals surface area contributed by atoms with Gasteiger partial charge in [-0.1, -0.05) is 12.5 Å². The van der Waals surface area contributed by atoms with Crippen LogP contribution < -0.4 is 11.1 Å². The minimum absolute atomic E-state index is 0.0750. The maximum atomic E-state index is 12.2. The molecule has 0 aliphatic heterocycles. The van der Waals surface area contributed by atoms with E-state index in [1.807, 2.05) is 25.1 Å². The van der Waals surface area contributed by atoms with Crippen LogP contribution in [0, 0.1) is 16.4 Å². The summed E-state index contributed by atoms with van der Waals surface area (Å²) >= 11 is 2.26. The fraction of sp³-hybridized carbons (Fsp3) is 0.500. The summed E-state index contributed by atoms with van der Waals surface area (Å²) < 4.78 is 1.13. The lowest BCUT2D eigenvalue weighted by Crippen LogP contribution is -2.34. The monoisotopic (exact) mass is 358 g/mol. The molecule has 0 spiro atoms. The van der Waals surface area contributed by atoms with E-state index in [1.54, 1.807) is 0 Å². The summed E-state index contributed by atoms with van der Waals surface area (Å²) in [4.78, 5) is 12.2. The second kappa shape index (κ2) is 6.02. The van der Waals surface area contributed by atoms with Crippen LogP contribution in [0.2, 0.25) is 0 Å². The first-order valence-corrected chi connectivity index (χ1v) is 7.46. The molecule has 0 aromatic heterocycles. The number of carbonyl (C=O) groups is 1. The maximum absolute atomic E-state index is 12.2. The molecular formula is C14H19IN2O. The van der Waals surface area contributed by atoms with Gasteiger partial charge in [0.1, 0.15) is 0 Å². The Bertz CT molecular complexity index is 447. The molecule has 1 aromatic rings. The van der Waals surface area contributed by atoms with Gasteiger partial charge in [0.15, 0.2) is 0 Å². The van der Waals surface area contributed by atoms with Crippen molar-refractivity contribution in [1.29, 1.82) is 0 Å². The fourth-order valence-corrected chi connectivity index (χ4v) is 2.92. The van der Waals surface area contributed by atoms with E-state index in [1.165, 1.54) is 0 Å². The molecule has 1 aliphatic carbocycles. The van der Waals surface area contributed by atoms with E-state index in [0.717, 1.165) is 40.5 Å². The summed E-state index contributed by atoms with van der Waals surface area (Å²) in [7, 11) is 0. The molecule has 1 saturated carbocycles. The van der Waals surface area contributed by atoms with Crippen LogP contribution in [0.3, 0.4) is 0 Å². The molecule has 1 amide bonds. The Balaban J connectivity index is 2.04. The molecule has 18 heavy (non-hydrogen) atoms. The minimum Gasteiger partial charge on any atom is -0.328 e. The van der Waals surface area contributed by atoms with Crippen molar-refractivity contribution in [3.05, 3.63) is 27.3 Å². The number of rotatable bonds is 2. The average molecular weight is 358 g/mol. The average Bonchev–Trinajstić information content (AvgIpc) is 2.34. The highest BCUT2D eigenvalue weighted by atomic mass is 127. The third-order valence-electron chi connectivity index (χ3n) is 3.54. The van der Waals surface area contributed by atoms with Crippen molar-refractivity contribution in [1.82, 2.24) is 0 Å². The first-order chi connectivity index (χ1) is 8.56. The van der Waals surface area contributed by atoms with Gasteiger partial charge in [-0.2, -0.15) is 0 Å². The molecule has 3 N–H and O–H groups in total. The second-order valence-electron chi connectivity index (χ2n) is 5.07. The minimum atomic E-state index is 0.0750. The molecule has 1 fully saturated rings. The van der Waals surface area contributed by atoms with Gasteiger partial charge in [0, 0.05) is 21.2 Å². The van der Waals surface area contributed by atoms with Crippen LogP contribution in [-0.2, 0) is 4.79 Å². The van der Waals surface area contributed by atoms with Gasteiger partial charge >= 0.3 is 0 Å². The number of benzene rings is 1. The molecule has 1 aromatic carbocycles. The van der Waals surface area contributed by atoms with Crippen LogP contribution >= 0.6 is 22.6 Å². The number of carbonyl (C=O) groups excluding carboxylic acids is 1. The van der Waals surface area contributed by atoms with Crippen LogP contribution in [0.5, 0.6) is 0 Å². The quantitative estimate of drug-likeness (QED) is 0.799. The zero-order chi connectivity index (χ0) is 13.1. The molecular weight excluding hydrogens is 339 g/mol. The van der Waals surface area contributed by atoms with Crippen molar-refractivity contribution in [3.63, 3.8) is 0 Å². The Kier molecular flexibility index (Phi) is 4.61. The molecule has 3 nitrogen and oxygen atoms in total. The molecule has 98 valence electrons. The molecule has 0 saturated heterocycles. The normalized spacial score (nSPS) is 23.7. The summed E-state index contributed by atoms with van der Waals surface area (Å²) in [6.07, 6.45) is 3.88. The highest BCUT2D eigenvalue weighted by molar-refractivity contribution is 14.1. The Hall–Kier alpha value is -0.620. The van der Waals surface area contributed by atoms with Gasteiger partial charge < -0.3 is 11.1 Å². The van der Waals surface area contributed by atoms with E-state index in [0.29, 0.717) is 0 Å². The Labute approximate surface area is 122 Å². The molecule has 2 unspecified atom stereocenters. The van der Waals surface area contributed by atoms with Crippen molar-refractivity contribution in [3.8, 4) is 0 Å². The van der Waals surface area contributed by atoms with Crippen LogP contribution in [0.4, 0.5) is 5.69 Å². The van der Waals surface area contributed by atoms with E-state index in [4.69, 9.17) is 5.73 Å². The SMILES string of the molecule is Cc1ccc(I)cc1NC(=O)C1CCCC(N)C1. The summed E-state index contributed by atoms with van der Waals surface area (Å²) in [6.45, 7) is 2.01. The highest BCUT2D eigenvalue weighted by Gasteiger charge is 2.25. The van der Waals surface area contributed by atoms with Crippen LogP contribution in [0.25, 0.3) is 0 Å². The van der Waals surface area contributed by atoms with Crippen LogP contribution in [0.15, 0.2) is 18.2 Å². The van der Waals surface area contributed by atoms with E-state index in [2.05, 4.69) is 27.9 Å². The molecule has 2 atom stereocenters. The number of hydrogen-bond acceptors (Lipinski definition) is 2. The zero-order valence-corrected chi connectivity index (χ0v) is 12.7. The predicted octanol–water partition coefficient (Wildman–Crippen LogP) is 3.06. The smallest absolute Gasteiger partial charge is 0.227 e. The summed E-state index contributed by atoms with van der Waals surface area (Å²) in [5.41, 5.74) is 7.95. The number of hydrogen-bond donors (Lipinski definition) is 2. The summed E-state index contributed by atoms with van der Waals surface area (Å²) in [5.74, 6) is 0.196. The number of anilines is 1. The van der Waals surface area contributed by atoms with Gasteiger partial charge in [0.25, 0.3) is 0 Å². The lowest BCUT2D eigenvalue weighted by atomic mass is 9.85. The third kappa shape index (κ3) is 3.45. The Morgan fingerprint density at radius 1 is 1.44 bits per heavy atom. The lowest BCUT2D eigenvalue weighted by molar-refractivity contribution is -0.120. The number of nitrogens with two attached hydrogens (primary N) is 1. The van der Waals surface area contributed by atoms with Gasteiger partial charge in [-0.25, -0.2) is 0 Å². The maximum Gasteiger partial charge on any atom is 0.227 e. The van der Waals surface area contributed by atoms with Crippen molar-refractivity contribution < 1.29 is 4.79 Å². The van der Waals surface area contributed by atoms with Gasteiger partial charge in [0.2, 0.25) is 5.91 Å². The Morgan fingerprint density at radius 2 is 2.22 bits per heavy atom. The fourth-order valence-electron chi connectivity index (χ4n) is 2.43. The summed E-state index contributed by atoms with van der Waals surface area (Å²) in [6, 6.07) is 6.27. The van der Waals surface area contributed by atoms with E-state index in [-0.39, 0.29) is 17.9 Å². The molecule has 0 radical (unpaired) electrons. The largest absolute Gasteiger partial charge is 0.328 e. The predicted molar refractivity (Wildman–Crippen MR) is 82.5 cm³/mol. The molecule has 2 rings (SSSR count). The number of nitrogens with one attached hydrogen (secondary N) is 1. The van der Waals surface area contributed by atoms with Crippen LogP contribution in [0.1, 0.15) is 31.2 Å². The van der Waals surface area contributed by atoms with Crippen molar-refractivity contribution in [2.24, 2.45) is 11.7 Å². The van der Waals surface area contributed by atoms with E-state index in [9.17, 15) is 4.79 Å². The van der Waals surface area contributed by atoms with E-state index < -0.39 is 0 Å². The zero-order valence-electron chi connectivity index (χ0n) is 10.6. The van der Waals surface area contributed by atoms with Crippen molar-refractivity contribution in [2.75, 3.05) is 5.32 Å². The third-order valence-corrected chi connectivity index (χ3v) is 4.21. The number of halogens is 1. The highest BCUT2D eigenvalue weighted by Crippen LogP contribution is 2.25. The number of aryl methyl sites for hydroxylation is 1. The Morgan fingerprint density at radius 3 is 2.94 bits per heavy atom. The topological polar surface area (TPSA) is 55.1 Å². The molecule has 0 bridgehead atoms. The first-order valence-electron chi connectivity index (χ1n) is 6.39. The van der Waals surface area contributed by atoms with Gasteiger partial charge in [-0.05, 0) is 66.5 Å². The van der Waals surface area contributed by atoms with Gasteiger partial charge in [-0.3, -0.25) is 4.79 Å². The summed E-state index contributed by atoms with van der Waals surface area (Å²) in [5, 5.41) is 3.04. The standard InChI is InChI=1S/C14H19IN2O/c1-9-5-6-11(15)8-13(9)17-14(18)10-3-2-4-12(16)7-10/h5-6,8,10,12H,2-4,7,16H2,1H3,(H,17,18). The van der Waals surface area contributed by atoms with Gasteiger partial charge in [0.05, 0.1) is 0 Å². The second-order valence-corrected chi connectivity index (χ2v) is 6.32. The molecule has 4 heteroatoms. The van der Waals surface area contributed by atoms with Gasteiger partial charge in [-0.15, -0.1) is 0 Å². The van der Waals surface area contributed by atoms with Crippen molar-refractivity contribution in [2.45, 2.75) is 38.6 Å². The number of amides is 1. The first kappa shape index (κ1) is 13.8. The molecule has 1 aliphatic rings. The van der Waals surface area contributed by atoms with Crippen molar-refractivity contribution >= 4 is 34.2 Å².